The SMILES string of the molecule is COC(=O)C(F)C(=O)c1cc(OC)cc(OC)c1. The van der Waals surface area contributed by atoms with Crippen LogP contribution in [0.4, 0.5) is 4.39 Å². The highest BCUT2D eigenvalue weighted by molar-refractivity contribution is 6.11. The molecule has 0 bridgehead atoms. The van der Waals surface area contributed by atoms with Crippen molar-refractivity contribution in [2.75, 3.05) is 21.3 Å². The molecule has 1 rings (SSSR count). The average Bonchev–Trinajstić information content (AvgIpc) is 2.43. The van der Waals surface area contributed by atoms with Crippen molar-refractivity contribution in [2.45, 2.75) is 6.17 Å². The quantitative estimate of drug-likeness (QED) is 0.452. The largest absolute Gasteiger partial charge is 0.497 e. The summed E-state index contributed by atoms with van der Waals surface area (Å²) < 4.78 is 27.5. The van der Waals surface area contributed by atoms with Gasteiger partial charge in [0.1, 0.15) is 11.5 Å². The van der Waals surface area contributed by atoms with E-state index in [-0.39, 0.29) is 5.56 Å². The maximum atomic E-state index is 13.4. The molecule has 0 spiro atoms. The second kappa shape index (κ2) is 6.00. The summed E-state index contributed by atoms with van der Waals surface area (Å²) in [5.41, 5.74) is -0.0240. The van der Waals surface area contributed by atoms with E-state index in [1.165, 1.54) is 32.4 Å². The molecular formula is C12H13FO5. The number of carbonyl (C=O) groups excluding carboxylic acids is 2. The van der Waals surface area contributed by atoms with Gasteiger partial charge in [0.15, 0.2) is 0 Å². The Morgan fingerprint density at radius 1 is 1.06 bits per heavy atom. The van der Waals surface area contributed by atoms with E-state index in [4.69, 9.17) is 9.47 Å². The summed E-state index contributed by atoms with van der Waals surface area (Å²) in [5, 5.41) is 0. The van der Waals surface area contributed by atoms with Gasteiger partial charge in [-0.25, -0.2) is 9.18 Å². The first-order valence-corrected chi connectivity index (χ1v) is 5.02. The molecule has 0 saturated heterocycles. The van der Waals surface area contributed by atoms with E-state index in [2.05, 4.69) is 4.74 Å². The minimum atomic E-state index is -2.35. The Morgan fingerprint density at radius 2 is 1.56 bits per heavy atom. The highest BCUT2D eigenvalue weighted by Gasteiger charge is 2.28. The van der Waals surface area contributed by atoms with Gasteiger partial charge in [-0.05, 0) is 12.1 Å². The fraction of sp³-hybridized carbons (Fsp3) is 0.333. The number of esters is 1. The summed E-state index contributed by atoms with van der Waals surface area (Å²) in [5.74, 6) is -1.58. The lowest BCUT2D eigenvalue weighted by Gasteiger charge is -2.09. The maximum Gasteiger partial charge on any atom is 0.348 e. The molecule has 98 valence electrons. The van der Waals surface area contributed by atoms with E-state index in [9.17, 15) is 14.0 Å². The average molecular weight is 256 g/mol. The van der Waals surface area contributed by atoms with Crippen LogP contribution >= 0.6 is 0 Å². The van der Waals surface area contributed by atoms with Crippen molar-refractivity contribution in [1.29, 1.82) is 0 Å². The van der Waals surface area contributed by atoms with E-state index in [0.717, 1.165) is 7.11 Å². The summed E-state index contributed by atoms with van der Waals surface area (Å²) in [7, 11) is 3.81. The number of benzene rings is 1. The predicted molar refractivity (Wildman–Crippen MR) is 60.8 cm³/mol. The first-order valence-electron chi connectivity index (χ1n) is 5.02. The number of hydrogen-bond acceptors (Lipinski definition) is 5. The molecule has 0 aliphatic heterocycles. The normalized spacial score (nSPS) is 11.6. The molecule has 1 unspecified atom stereocenters. The van der Waals surface area contributed by atoms with Crippen LogP contribution < -0.4 is 9.47 Å². The van der Waals surface area contributed by atoms with Gasteiger partial charge < -0.3 is 14.2 Å². The van der Waals surface area contributed by atoms with Crippen molar-refractivity contribution in [3.05, 3.63) is 23.8 Å². The third kappa shape index (κ3) is 2.97. The zero-order valence-corrected chi connectivity index (χ0v) is 10.2. The molecule has 18 heavy (non-hydrogen) atoms. The fourth-order valence-electron chi connectivity index (χ4n) is 1.31. The summed E-state index contributed by atoms with van der Waals surface area (Å²) in [6.07, 6.45) is -2.35. The molecule has 0 fully saturated rings. The molecule has 0 heterocycles. The molecule has 0 amide bonds. The maximum absolute atomic E-state index is 13.4. The van der Waals surface area contributed by atoms with E-state index < -0.39 is 17.9 Å². The number of methoxy groups -OCH3 is 3. The molecular weight excluding hydrogens is 243 g/mol. The Bertz CT molecular complexity index is 436. The van der Waals surface area contributed by atoms with Crippen LogP contribution in [0.1, 0.15) is 10.4 Å². The van der Waals surface area contributed by atoms with Crippen LogP contribution in [0.5, 0.6) is 11.5 Å². The van der Waals surface area contributed by atoms with Crippen molar-refractivity contribution >= 4 is 11.8 Å². The number of ether oxygens (including phenoxy) is 3. The van der Waals surface area contributed by atoms with Crippen LogP contribution in [0.25, 0.3) is 0 Å². The van der Waals surface area contributed by atoms with Gasteiger partial charge in [-0.1, -0.05) is 0 Å². The smallest absolute Gasteiger partial charge is 0.348 e. The molecule has 0 radical (unpaired) electrons. The number of rotatable bonds is 5. The zero-order valence-electron chi connectivity index (χ0n) is 10.2. The Labute approximate surface area is 103 Å². The minimum Gasteiger partial charge on any atom is -0.497 e. The van der Waals surface area contributed by atoms with Crippen molar-refractivity contribution < 1.29 is 28.2 Å². The number of ketones is 1. The van der Waals surface area contributed by atoms with Crippen LogP contribution in [0.2, 0.25) is 0 Å². The summed E-state index contributed by atoms with van der Waals surface area (Å²) in [6.45, 7) is 0. The molecule has 0 N–H and O–H groups in total. The van der Waals surface area contributed by atoms with Crippen LogP contribution in [0.15, 0.2) is 18.2 Å². The number of Topliss-reactive ketones (excluding diaryl/α,β-unsaturated/α-hetero) is 1. The molecule has 0 saturated carbocycles. The monoisotopic (exact) mass is 256 g/mol. The first-order chi connectivity index (χ1) is 8.53. The predicted octanol–water partition coefficient (Wildman–Crippen LogP) is 1.40. The molecule has 6 heteroatoms. The zero-order chi connectivity index (χ0) is 13.7. The van der Waals surface area contributed by atoms with E-state index >= 15 is 0 Å². The van der Waals surface area contributed by atoms with E-state index in [1.807, 2.05) is 0 Å². The van der Waals surface area contributed by atoms with Gasteiger partial charge in [-0.2, -0.15) is 0 Å². The Hall–Kier alpha value is -2.11. The molecule has 0 aliphatic carbocycles. The molecule has 1 aromatic rings. The fourth-order valence-corrected chi connectivity index (χ4v) is 1.31. The summed E-state index contributed by atoms with van der Waals surface area (Å²) in [6, 6.07) is 4.17. The topological polar surface area (TPSA) is 61.8 Å². The molecule has 1 atom stereocenters. The molecule has 0 aromatic heterocycles. The Balaban J connectivity index is 3.08. The van der Waals surface area contributed by atoms with Gasteiger partial charge in [0.2, 0.25) is 5.78 Å². The lowest BCUT2D eigenvalue weighted by molar-refractivity contribution is -0.144. The number of hydrogen-bond donors (Lipinski definition) is 0. The standard InChI is InChI=1S/C12H13FO5/c1-16-8-4-7(5-9(6-8)17-2)11(14)10(13)12(15)18-3/h4-6,10H,1-3H3. The van der Waals surface area contributed by atoms with Gasteiger partial charge in [0, 0.05) is 11.6 Å². The van der Waals surface area contributed by atoms with E-state index in [0.29, 0.717) is 11.5 Å². The summed E-state index contributed by atoms with van der Waals surface area (Å²) in [4.78, 5) is 22.6. The van der Waals surface area contributed by atoms with Gasteiger partial charge in [0.25, 0.3) is 6.17 Å². The highest BCUT2D eigenvalue weighted by atomic mass is 19.1. The van der Waals surface area contributed by atoms with Crippen LogP contribution in [0, 0.1) is 0 Å². The molecule has 5 nitrogen and oxygen atoms in total. The van der Waals surface area contributed by atoms with Gasteiger partial charge >= 0.3 is 5.97 Å². The highest BCUT2D eigenvalue weighted by Crippen LogP contribution is 2.23. The lowest BCUT2D eigenvalue weighted by atomic mass is 10.1. The van der Waals surface area contributed by atoms with Crippen LogP contribution in [0.3, 0.4) is 0 Å². The molecule has 0 aliphatic rings. The van der Waals surface area contributed by atoms with Crippen LogP contribution in [-0.2, 0) is 9.53 Å². The second-order valence-corrected chi connectivity index (χ2v) is 3.35. The first kappa shape index (κ1) is 14.0. The van der Waals surface area contributed by atoms with Crippen molar-refractivity contribution in [3.63, 3.8) is 0 Å². The molecule has 1 aromatic carbocycles. The van der Waals surface area contributed by atoms with Crippen molar-refractivity contribution in [2.24, 2.45) is 0 Å². The van der Waals surface area contributed by atoms with Crippen LogP contribution in [-0.4, -0.2) is 39.3 Å². The van der Waals surface area contributed by atoms with Gasteiger partial charge in [-0.15, -0.1) is 0 Å². The third-order valence-electron chi connectivity index (χ3n) is 2.27. The van der Waals surface area contributed by atoms with Crippen molar-refractivity contribution in [3.8, 4) is 11.5 Å². The van der Waals surface area contributed by atoms with Crippen molar-refractivity contribution in [1.82, 2.24) is 0 Å². The third-order valence-corrected chi connectivity index (χ3v) is 2.27. The number of alkyl halides is 1. The number of carbonyl (C=O) groups is 2. The Morgan fingerprint density at radius 3 is 1.94 bits per heavy atom. The lowest BCUT2D eigenvalue weighted by Crippen LogP contribution is -2.27. The minimum absolute atomic E-state index is 0.0240. The number of halogens is 1. The van der Waals surface area contributed by atoms with Gasteiger partial charge in [0.05, 0.1) is 21.3 Å². The second-order valence-electron chi connectivity index (χ2n) is 3.35. The summed E-state index contributed by atoms with van der Waals surface area (Å²) >= 11 is 0. The van der Waals surface area contributed by atoms with E-state index in [1.54, 1.807) is 0 Å². The Kier molecular flexibility index (Phi) is 4.65. The van der Waals surface area contributed by atoms with Gasteiger partial charge in [-0.3, -0.25) is 4.79 Å².